The van der Waals surface area contributed by atoms with E-state index >= 15 is 0 Å². The topological polar surface area (TPSA) is 45.6 Å². The third kappa shape index (κ3) is 2.70. The second-order valence-corrected chi connectivity index (χ2v) is 6.53. The van der Waals surface area contributed by atoms with Gasteiger partial charge in [0.25, 0.3) is 0 Å². The number of aliphatic hydroxyl groups excluding tert-OH is 1. The number of morpholine rings is 1. The highest BCUT2D eigenvalue weighted by molar-refractivity contribution is 7.09. The van der Waals surface area contributed by atoms with Crippen molar-refractivity contribution in [2.75, 3.05) is 26.3 Å². The molecule has 1 saturated carbocycles. The molecule has 19 heavy (non-hydrogen) atoms. The second kappa shape index (κ2) is 5.87. The molecule has 1 saturated heterocycles. The van der Waals surface area contributed by atoms with Gasteiger partial charge in [-0.25, -0.2) is 4.98 Å². The highest BCUT2D eigenvalue weighted by atomic mass is 32.1. The molecule has 0 radical (unpaired) electrons. The molecule has 0 amide bonds. The summed E-state index contributed by atoms with van der Waals surface area (Å²) >= 11 is 1.64. The van der Waals surface area contributed by atoms with Crippen molar-refractivity contribution < 1.29 is 9.84 Å². The van der Waals surface area contributed by atoms with Crippen molar-refractivity contribution in [3.05, 3.63) is 16.6 Å². The highest BCUT2D eigenvalue weighted by Gasteiger charge is 2.45. The van der Waals surface area contributed by atoms with Crippen molar-refractivity contribution in [1.82, 2.24) is 9.88 Å². The Kier molecular flexibility index (Phi) is 4.17. The first-order valence-electron chi connectivity index (χ1n) is 7.20. The molecule has 0 bridgehead atoms. The number of aliphatic hydroxyl groups is 1. The fourth-order valence-corrected chi connectivity index (χ4v) is 4.22. The van der Waals surface area contributed by atoms with Crippen LogP contribution in [0.15, 0.2) is 11.6 Å². The van der Waals surface area contributed by atoms with Crippen LogP contribution in [0.2, 0.25) is 0 Å². The van der Waals surface area contributed by atoms with Crippen LogP contribution in [0.5, 0.6) is 0 Å². The third-order valence-corrected chi connectivity index (χ3v) is 5.38. The average molecular weight is 282 g/mol. The van der Waals surface area contributed by atoms with Crippen LogP contribution in [-0.2, 0) is 11.2 Å². The van der Waals surface area contributed by atoms with E-state index in [1.165, 1.54) is 12.8 Å². The number of rotatable bonds is 4. The van der Waals surface area contributed by atoms with E-state index in [9.17, 15) is 5.11 Å². The van der Waals surface area contributed by atoms with E-state index in [0.29, 0.717) is 6.42 Å². The minimum Gasteiger partial charge on any atom is -0.391 e. The third-order valence-electron chi connectivity index (χ3n) is 4.58. The van der Waals surface area contributed by atoms with Gasteiger partial charge in [-0.15, -0.1) is 11.3 Å². The van der Waals surface area contributed by atoms with E-state index in [4.69, 9.17) is 4.74 Å². The molecule has 1 aliphatic carbocycles. The molecule has 2 aliphatic rings. The molecule has 1 aliphatic heterocycles. The van der Waals surface area contributed by atoms with E-state index in [2.05, 4.69) is 9.88 Å². The van der Waals surface area contributed by atoms with Crippen LogP contribution in [0.4, 0.5) is 0 Å². The van der Waals surface area contributed by atoms with Crippen LogP contribution in [0.3, 0.4) is 0 Å². The fourth-order valence-electron chi connectivity index (χ4n) is 3.57. The molecule has 2 fully saturated rings. The highest BCUT2D eigenvalue weighted by Crippen LogP contribution is 2.39. The van der Waals surface area contributed by atoms with Gasteiger partial charge in [0.1, 0.15) is 0 Å². The lowest BCUT2D eigenvalue weighted by Gasteiger charge is -2.46. The van der Waals surface area contributed by atoms with Crippen molar-refractivity contribution in [2.24, 2.45) is 0 Å². The smallest absolute Gasteiger partial charge is 0.0951 e. The predicted molar refractivity (Wildman–Crippen MR) is 75.4 cm³/mol. The van der Waals surface area contributed by atoms with Crippen LogP contribution in [-0.4, -0.2) is 52.9 Å². The van der Waals surface area contributed by atoms with Crippen molar-refractivity contribution in [1.29, 1.82) is 0 Å². The molecule has 1 atom stereocenters. The molecule has 1 N–H and O–H groups in total. The minimum absolute atomic E-state index is 0.0323. The van der Waals surface area contributed by atoms with Gasteiger partial charge in [-0.1, -0.05) is 12.8 Å². The van der Waals surface area contributed by atoms with Crippen molar-refractivity contribution in [2.45, 2.75) is 43.7 Å². The molecule has 1 aromatic rings. The summed E-state index contributed by atoms with van der Waals surface area (Å²) in [5, 5.41) is 13.8. The average Bonchev–Trinajstić information content (AvgIpc) is 3.11. The van der Waals surface area contributed by atoms with Crippen LogP contribution in [0, 0.1) is 0 Å². The Balaban J connectivity index is 1.75. The predicted octanol–water partition coefficient (Wildman–Crippen LogP) is 1.69. The molecule has 0 spiro atoms. The van der Waals surface area contributed by atoms with Gasteiger partial charge in [0.2, 0.25) is 0 Å². The SMILES string of the molecule is OC(Cc1nccs1)C1(N2CCOCC2)CCCC1. The lowest BCUT2D eigenvalue weighted by molar-refractivity contribution is -0.0753. The Morgan fingerprint density at radius 3 is 2.74 bits per heavy atom. The Bertz CT molecular complexity index is 384. The van der Waals surface area contributed by atoms with Crippen LogP contribution >= 0.6 is 11.3 Å². The summed E-state index contributed by atoms with van der Waals surface area (Å²) in [6.07, 6.45) is 6.88. The van der Waals surface area contributed by atoms with E-state index in [1.807, 2.05) is 11.6 Å². The summed E-state index contributed by atoms with van der Waals surface area (Å²) in [5.41, 5.74) is -0.0323. The maximum atomic E-state index is 10.8. The normalized spacial score (nSPS) is 25.5. The molecule has 4 nitrogen and oxygen atoms in total. The zero-order chi connectivity index (χ0) is 13.1. The maximum Gasteiger partial charge on any atom is 0.0951 e. The van der Waals surface area contributed by atoms with E-state index in [-0.39, 0.29) is 11.6 Å². The second-order valence-electron chi connectivity index (χ2n) is 5.56. The molecule has 2 heterocycles. The molecule has 106 valence electrons. The molecule has 0 aromatic carbocycles. The largest absolute Gasteiger partial charge is 0.391 e. The number of hydrogen-bond donors (Lipinski definition) is 1. The van der Waals surface area contributed by atoms with Gasteiger partial charge >= 0.3 is 0 Å². The summed E-state index contributed by atoms with van der Waals surface area (Å²) in [6, 6.07) is 0. The Hall–Kier alpha value is -0.490. The zero-order valence-corrected chi connectivity index (χ0v) is 12.1. The molecular formula is C14H22N2O2S. The number of thiazole rings is 1. The van der Waals surface area contributed by atoms with Gasteiger partial charge in [-0.3, -0.25) is 4.90 Å². The minimum atomic E-state index is -0.306. The quantitative estimate of drug-likeness (QED) is 0.913. The summed E-state index contributed by atoms with van der Waals surface area (Å²) in [5.74, 6) is 0. The molecule has 5 heteroatoms. The van der Waals surface area contributed by atoms with E-state index in [0.717, 1.165) is 44.2 Å². The lowest BCUT2D eigenvalue weighted by Crippen LogP contribution is -2.59. The molecule has 1 aromatic heterocycles. The van der Waals surface area contributed by atoms with Gasteiger partial charge in [0.05, 0.1) is 24.3 Å². The van der Waals surface area contributed by atoms with Crippen LogP contribution < -0.4 is 0 Å². The lowest BCUT2D eigenvalue weighted by atomic mass is 9.86. The van der Waals surface area contributed by atoms with Gasteiger partial charge in [-0.2, -0.15) is 0 Å². The van der Waals surface area contributed by atoms with Crippen molar-refractivity contribution in [3.8, 4) is 0 Å². The maximum absolute atomic E-state index is 10.8. The van der Waals surface area contributed by atoms with Crippen molar-refractivity contribution >= 4 is 11.3 Å². The van der Waals surface area contributed by atoms with Crippen LogP contribution in [0.1, 0.15) is 30.7 Å². The summed E-state index contributed by atoms with van der Waals surface area (Å²) in [6.45, 7) is 3.50. The Morgan fingerprint density at radius 2 is 2.11 bits per heavy atom. The van der Waals surface area contributed by atoms with Gasteiger partial charge in [-0.05, 0) is 12.8 Å². The fraction of sp³-hybridized carbons (Fsp3) is 0.786. The van der Waals surface area contributed by atoms with Crippen LogP contribution in [0.25, 0.3) is 0 Å². The first-order chi connectivity index (χ1) is 9.31. The summed E-state index contributed by atoms with van der Waals surface area (Å²) < 4.78 is 5.46. The van der Waals surface area contributed by atoms with Crippen molar-refractivity contribution in [3.63, 3.8) is 0 Å². The zero-order valence-electron chi connectivity index (χ0n) is 11.3. The monoisotopic (exact) mass is 282 g/mol. The number of ether oxygens (including phenoxy) is 1. The standard InChI is InChI=1S/C14H22N2O2S/c17-12(11-13-15-5-10-19-13)14(3-1-2-4-14)16-6-8-18-9-7-16/h5,10,12,17H,1-4,6-9,11H2. The van der Waals surface area contributed by atoms with Gasteiger partial charge in [0, 0.05) is 36.6 Å². The Morgan fingerprint density at radius 1 is 1.37 bits per heavy atom. The molecule has 3 rings (SSSR count). The Labute approximate surface area is 118 Å². The molecule has 1 unspecified atom stereocenters. The summed E-state index contributed by atoms with van der Waals surface area (Å²) in [4.78, 5) is 6.79. The number of hydrogen-bond acceptors (Lipinski definition) is 5. The molecular weight excluding hydrogens is 260 g/mol. The van der Waals surface area contributed by atoms with E-state index in [1.54, 1.807) is 11.3 Å². The van der Waals surface area contributed by atoms with Gasteiger partial charge < -0.3 is 9.84 Å². The first-order valence-corrected chi connectivity index (χ1v) is 8.08. The first kappa shape index (κ1) is 13.5. The number of aromatic nitrogens is 1. The number of nitrogens with zero attached hydrogens (tertiary/aromatic N) is 2. The summed E-state index contributed by atoms with van der Waals surface area (Å²) in [7, 11) is 0. The van der Waals surface area contributed by atoms with E-state index < -0.39 is 0 Å². The van der Waals surface area contributed by atoms with Gasteiger partial charge in [0.15, 0.2) is 0 Å².